The number of hydrogen-bond donors (Lipinski definition) is 1. The summed E-state index contributed by atoms with van der Waals surface area (Å²) in [5.41, 5.74) is 8.88. The van der Waals surface area contributed by atoms with Gasteiger partial charge in [0, 0.05) is 26.2 Å². The molecule has 4 aromatic rings. The van der Waals surface area contributed by atoms with Crippen LogP contribution >= 0.6 is 22.6 Å². The second-order valence-corrected chi connectivity index (χ2v) is 8.87. The Morgan fingerprint density at radius 2 is 1.47 bits per heavy atom. The van der Waals surface area contributed by atoms with Crippen LogP contribution in [0.3, 0.4) is 0 Å². The molecule has 4 rings (SSSR count). The van der Waals surface area contributed by atoms with Gasteiger partial charge in [0.25, 0.3) is 5.91 Å². The molecular weight excluding hydrogens is 509 g/mol. The van der Waals surface area contributed by atoms with Crippen LogP contribution in [0.5, 0.6) is 0 Å². The molecule has 0 spiro atoms. The van der Waals surface area contributed by atoms with E-state index in [4.69, 9.17) is 0 Å². The lowest BCUT2D eigenvalue weighted by atomic mass is 9.91. The van der Waals surface area contributed by atoms with Crippen molar-refractivity contribution < 1.29 is 4.79 Å². The van der Waals surface area contributed by atoms with Crippen molar-refractivity contribution in [2.75, 3.05) is 0 Å². The quantitative estimate of drug-likeness (QED) is 0.185. The predicted octanol–water partition coefficient (Wildman–Crippen LogP) is 5.98. The van der Waals surface area contributed by atoms with Crippen molar-refractivity contribution in [3.8, 4) is 5.69 Å². The monoisotopic (exact) mass is 533 g/mol. The van der Waals surface area contributed by atoms with Crippen LogP contribution in [0, 0.1) is 17.4 Å². The van der Waals surface area contributed by atoms with Gasteiger partial charge in [-0.15, -0.1) is 0 Å². The van der Waals surface area contributed by atoms with Gasteiger partial charge in [-0.05, 0) is 77.9 Å². The summed E-state index contributed by atoms with van der Waals surface area (Å²) < 4.78 is 3.39. The molecule has 0 unspecified atom stereocenters. The van der Waals surface area contributed by atoms with Crippen molar-refractivity contribution in [1.82, 2.24) is 9.99 Å². The molecule has 0 aliphatic carbocycles. The summed E-state index contributed by atoms with van der Waals surface area (Å²) >= 11 is 2.31. The highest BCUT2D eigenvalue weighted by molar-refractivity contribution is 14.1. The Morgan fingerprint density at radius 1 is 0.906 bits per heavy atom. The lowest BCUT2D eigenvalue weighted by Crippen LogP contribution is -2.26. The number of rotatable bonds is 6. The zero-order valence-corrected chi connectivity index (χ0v) is 20.2. The van der Waals surface area contributed by atoms with Gasteiger partial charge in [0.1, 0.15) is 0 Å². The fraction of sp³-hybridized carbons (Fsp3) is 0.111. The highest BCUT2D eigenvalue weighted by atomic mass is 127. The lowest BCUT2D eigenvalue weighted by Gasteiger charge is -2.16. The van der Waals surface area contributed by atoms with Crippen molar-refractivity contribution in [2.45, 2.75) is 19.8 Å². The first-order valence-electron chi connectivity index (χ1n) is 10.4. The average molecular weight is 533 g/mol. The van der Waals surface area contributed by atoms with Crippen molar-refractivity contribution in [3.63, 3.8) is 0 Å². The Kier molecular flexibility index (Phi) is 6.85. The minimum absolute atomic E-state index is 0.162. The van der Waals surface area contributed by atoms with Crippen molar-refractivity contribution in [1.29, 1.82) is 0 Å². The van der Waals surface area contributed by atoms with Gasteiger partial charge < -0.3 is 4.57 Å². The molecule has 0 bridgehead atoms. The number of benzene rings is 3. The number of aryl methyl sites for hydroxylation is 1. The molecule has 1 aromatic heterocycles. The van der Waals surface area contributed by atoms with Crippen molar-refractivity contribution >= 4 is 34.7 Å². The maximum absolute atomic E-state index is 13.1. The average Bonchev–Trinajstić information content (AvgIpc) is 3.09. The molecule has 1 amide bonds. The highest BCUT2D eigenvalue weighted by Gasteiger charge is 2.22. The molecule has 4 nitrogen and oxygen atoms in total. The van der Waals surface area contributed by atoms with Crippen LogP contribution in [0.4, 0.5) is 0 Å². The van der Waals surface area contributed by atoms with Gasteiger partial charge in [0.2, 0.25) is 0 Å². The molecule has 1 N–H and O–H groups in total. The summed E-state index contributed by atoms with van der Waals surface area (Å²) in [6.07, 6.45) is 1.72. The third-order valence-electron chi connectivity index (χ3n) is 5.46. The largest absolute Gasteiger partial charge is 0.318 e. The minimum atomic E-state index is -0.422. The molecule has 0 atom stereocenters. The molecule has 32 heavy (non-hydrogen) atoms. The first-order chi connectivity index (χ1) is 15.5. The number of aromatic nitrogens is 1. The molecule has 160 valence electrons. The second-order valence-electron chi connectivity index (χ2n) is 7.63. The zero-order valence-electron chi connectivity index (χ0n) is 18.0. The number of carbonyl (C=O) groups is 1. The van der Waals surface area contributed by atoms with Gasteiger partial charge in [-0.3, -0.25) is 4.79 Å². The summed E-state index contributed by atoms with van der Waals surface area (Å²) in [5, 5.41) is 4.30. The number of halogens is 1. The first kappa shape index (κ1) is 22.0. The van der Waals surface area contributed by atoms with E-state index in [0.717, 1.165) is 33.8 Å². The Hall–Kier alpha value is -3.19. The highest BCUT2D eigenvalue weighted by Crippen LogP contribution is 2.25. The van der Waals surface area contributed by atoms with Gasteiger partial charge in [-0.1, -0.05) is 60.7 Å². The molecule has 1 heterocycles. The zero-order chi connectivity index (χ0) is 22.5. The lowest BCUT2D eigenvalue weighted by molar-refractivity contribution is -0.121. The van der Waals surface area contributed by atoms with Crippen LogP contribution < -0.4 is 5.43 Å². The maximum Gasteiger partial charge on any atom is 0.252 e. The van der Waals surface area contributed by atoms with E-state index in [1.165, 1.54) is 3.57 Å². The predicted molar refractivity (Wildman–Crippen MR) is 138 cm³/mol. The Bertz CT molecular complexity index is 1190. The smallest absolute Gasteiger partial charge is 0.252 e. The van der Waals surface area contributed by atoms with E-state index in [2.05, 4.69) is 81.9 Å². The normalized spacial score (nSPS) is 11.2. The van der Waals surface area contributed by atoms with E-state index in [-0.39, 0.29) is 5.91 Å². The number of amides is 1. The standard InChI is InChI=1S/C27H24IN3O/c1-19-17-23(20(2)31(19)25-15-13-24(28)14-16-25)18-29-30-27(32)26(21-9-5-3-6-10-21)22-11-7-4-8-12-22/h3-18,26H,1-2H3,(H,30,32)/b29-18-. The molecule has 5 heteroatoms. The number of hydrazone groups is 1. The number of carbonyl (C=O) groups excluding carboxylic acids is 1. The van der Waals surface area contributed by atoms with E-state index in [0.29, 0.717) is 0 Å². The van der Waals surface area contributed by atoms with E-state index in [1.54, 1.807) is 6.21 Å². The Labute approximate surface area is 202 Å². The number of hydrogen-bond acceptors (Lipinski definition) is 2. The Morgan fingerprint density at radius 3 is 2.03 bits per heavy atom. The summed E-state index contributed by atoms with van der Waals surface area (Å²) in [4.78, 5) is 13.1. The van der Waals surface area contributed by atoms with Crippen LogP contribution in [-0.2, 0) is 4.79 Å². The topological polar surface area (TPSA) is 46.4 Å². The van der Waals surface area contributed by atoms with Crippen LogP contribution in [0.15, 0.2) is 96.1 Å². The molecule has 0 radical (unpaired) electrons. The van der Waals surface area contributed by atoms with Gasteiger partial charge >= 0.3 is 0 Å². The SMILES string of the molecule is Cc1cc(/C=N\NC(=O)C(c2ccccc2)c2ccccc2)c(C)n1-c1ccc(I)cc1. The summed E-state index contributed by atoms with van der Waals surface area (Å²) in [6, 6.07) is 30.0. The second kappa shape index (κ2) is 9.96. The summed E-state index contributed by atoms with van der Waals surface area (Å²) in [5.74, 6) is -0.584. The molecule has 3 aromatic carbocycles. The third-order valence-corrected chi connectivity index (χ3v) is 6.18. The van der Waals surface area contributed by atoms with Gasteiger partial charge in [0.05, 0.1) is 12.1 Å². The molecule has 0 aliphatic rings. The molecule has 0 saturated carbocycles. The maximum atomic E-state index is 13.1. The van der Waals surface area contributed by atoms with Gasteiger partial charge in [-0.25, -0.2) is 5.43 Å². The first-order valence-corrected chi connectivity index (χ1v) is 11.5. The van der Waals surface area contributed by atoms with Gasteiger partial charge in [-0.2, -0.15) is 5.10 Å². The molecule has 0 saturated heterocycles. The van der Waals surface area contributed by atoms with E-state index < -0.39 is 5.92 Å². The fourth-order valence-electron chi connectivity index (χ4n) is 3.92. The molecule has 0 fully saturated rings. The molecular formula is C27H24IN3O. The summed E-state index contributed by atoms with van der Waals surface area (Å²) in [7, 11) is 0. The molecule has 0 aliphatic heterocycles. The van der Waals surface area contributed by atoms with Crippen molar-refractivity contribution in [2.24, 2.45) is 5.10 Å². The Balaban J connectivity index is 1.56. The van der Waals surface area contributed by atoms with Crippen LogP contribution in [-0.4, -0.2) is 16.7 Å². The van der Waals surface area contributed by atoms with E-state index >= 15 is 0 Å². The van der Waals surface area contributed by atoms with Gasteiger partial charge in [0.15, 0.2) is 0 Å². The third kappa shape index (κ3) is 4.83. The van der Waals surface area contributed by atoms with Crippen LogP contribution in [0.2, 0.25) is 0 Å². The van der Waals surface area contributed by atoms with E-state index in [1.807, 2.05) is 60.7 Å². The van der Waals surface area contributed by atoms with Crippen molar-refractivity contribution in [3.05, 3.63) is 123 Å². The van der Waals surface area contributed by atoms with Crippen LogP contribution in [0.1, 0.15) is 34.0 Å². The fourth-order valence-corrected chi connectivity index (χ4v) is 4.28. The van der Waals surface area contributed by atoms with E-state index in [9.17, 15) is 4.79 Å². The summed E-state index contributed by atoms with van der Waals surface area (Å²) in [6.45, 7) is 4.13. The van der Waals surface area contributed by atoms with Crippen LogP contribution in [0.25, 0.3) is 5.69 Å². The number of nitrogens with one attached hydrogen (secondary N) is 1. The number of nitrogens with zero attached hydrogens (tertiary/aromatic N) is 2. The minimum Gasteiger partial charge on any atom is -0.318 e.